The van der Waals surface area contributed by atoms with Crippen molar-refractivity contribution in [3.63, 3.8) is 0 Å². The Labute approximate surface area is 200 Å². The first-order valence-corrected chi connectivity index (χ1v) is 11.6. The molecule has 1 aromatic heterocycles. The van der Waals surface area contributed by atoms with E-state index in [1.807, 2.05) is 41.0 Å². The van der Waals surface area contributed by atoms with Gasteiger partial charge in [-0.1, -0.05) is 71.4 Å². The zero-order valence-corrected chi connectivity index (χ0v) is 19.8. The number of aromatic nitrogens is 3. The smallest absolute Gasteiger partial charge is 0.234 e. The molecule has 0 bridgehead atoms. The molecule has 0 atom stereocenters. The fourth-order valence-corrected chi connectivity index (χ4v) is 4.47. The predicted molar refractivity (Wildman–Crippen MR) is 132 cm³/mol. The second kappa shape index (κ2) is 9.77. The summed E-state index contributed by atoms with van der Waals surface area (Å²) in [5.41, 5.74) is 4.82. The van der Waals surface area contributed by atoms with Crippen molar-refractivity contribution in [2.24, 2.45) is 0 Å². The highest BCUT2D eigenvalue weighted by Gasteiger charge is 2.18. The van der Waals surface area contributed by atoms with E-state index < -0.39 is 0 Å². The molecule has 0 saturated carbocycles. The lowest BCUT2D eigenvalue weighted by Crippen LogP contribution is -2.14. The number of benzene rings is 3. The third-order valence-electron chi connectivity index (χ3n) is 4.89. The van der Waals surface area contributed by atoms with Crippen molar-refractivity contribution >= 4 is 46.6 Å². The summed E-state index contributed by atoms with van der Waals surface area (Å²) in [4.78, 5) is 12.6. The van der Waals surface area contributed by atoms with Gasteiger partial charge in [-0.3, -0.25) is 9.36 Å². The second-order valence-electron chi connectivity index (χ2n) is 7.27. The van der Waals surface area contributed by atoms with E-state index in [1.54, 1.807) is 18.2 Å². The number of nitrogens with zero attached hydrogens (tertiary/aromatic N) is 3. The topological polar surface area (TPSA) is 59.8 Å². The maximum atomic E-state index is 12.6. The molecule has 0 aliphatic rings. The highest BCUT2D eigenvalue weighted by atomic mass is 35.5. The zero-order chi connectivity index (χ0) is 22.7. The molecule has 0 fully saturated rings. The number of thioether (sulfide) groups is 1. The Morgan fingerprint density at radius 2 is 1.66 bits per heavy atom. The largest absolute Gasteiger partial charge is 0.325 e. The lowest BCUT2D eigenvalue weighted by molar-refractivity contribution is -0.113. The Morgan fingerprint density at radius 3 is 2.34 bits per heavy atom. The molecule has 4 aromatic rings. The van der Waals surface area contributed by atoms with E-state index in [4.69, 9.17) is 23.2 Å². The van der Waals surface area contributed by atoms with Gasteiger partial charge in [-0.25, -0.2) is 0 Å². The van der Waals surface area contributed by atoms with Crippen LogP contribution in [0.25, 0.3) is 17.1 Å². The number of carbonyl (C=O) groups is 1. The third-order valence-corrected chi connectivity index (χ3v) is 6.26. The first-order valence-electron chi connectivity index (χ1n) is 9.88. The summed E-state index contributed by atoms with van der Waals surface area (Å²) in [7, 11) is 0. The van der Waals surface area contributed by atoms with E-state index >= 15 is 0 Å². The van der Waals surface area contributed by atoms with Gasteiger partial charge in [0.05, 0.1) is 11.4 Å². The van der Waals surface area contributed by atoms with Crippen molar-refractivity contribution < 1.29 is 4.79 Å². The van der Waals surface area contributed by atoms with Crippen LogP contribution in [0.5, 0.6) is 0 Å². The molecule has 8 heteroatoms. The fraction of sp³-hybridized carbons (Fsp3) is 0.125. The van der Waals surface area contributed by atoms with Crippen molar-refractivity contribution in [2.45, 2.75) is 19.0 Å². The minimum absolute atomic E-state index is 0.155. The van der Waals surface area contributed by atoms with Gasteiger partial charge in [-0.05, 0) is 55.3 Å². The molecule has 0 saturated heterocycles. The fourth-order valence-electron chi connectivity index (χ4n) is 3.19. The van der Waals surface area contributed by atoms with Gasteiger partial charge in [0.2, 0.25) is 5.91 Å². The van der Waals surface area contributed by atoms with Crippen LogP contribution in [0, 0.1) is 13.8 Å². The lowest BCUT2D eigenvalue weighted by atomic mass is 10.1. The van der Waals surface area contributed by atoms with E-state index in [9.17, 15) is 4.79 Å². The van der Waals surface area contributed by atoms with Crippen molar-refractivity contribution in [3.05, 3.63) is 87.9 Å². The molecule has 1 amide bonds. The summed E-state index contributed by atoms with van der Waals surface area (Å²) in [6.07, 6.45) is 0. The van der Waals surface area contributed by atoms with Gasteiger partial charge in [0.1, 0.15) is 0 Å². The van der Waals surface area contributed by atoms with E-state index in [2.05, 4.69) is 41.5 Å². The molecule has 0 radical (unpaired) electrons. The molecule has 3 aromatic carbocycles. The van der Waals surface area contributed by atoms with Crippen LogP contribution in [0.2, 0.25) is 10.0 Å². The molecule has 32 heavy (non-hydrogen) atoms. The molecule has 0 aliphatic carbocycles. The van der Waals surface area contributed by atoms with Gasteiger partial charge < -0.3 is 5.32 Å². The molecule has 1 N–H and O–H groups in total. The quantitative estimate of drug-likeness (QED) is 0.315. The van der Waals surface area contributed by atoms with Crippen LogP contribution in [-0.4, -0.2) is 26.4 Å². The minimum Gasteiger partial charge on any atom is -0.325 e. The Hall–Kier alpha value is -2.80. The van der Waals surface area contributed by atoms with E-state index in [0.717, 1.165) is 17.1 Å². The number of anilines is 1. The van der Waals surface area contributed by atoms with Crippen molar-refractivity contribution in [3.8, 4) is 17.1 Å². The highest BCUT2D eigenvalue weighted by molar-refractivity contribution is 7.99. The number of nitrogens with one attached hydrogen (secondary N) is 1. The van der Waals surface area contributed by atoms with E-state index in [1.165, 1.54) is 22.9 Å². The van der Waals surface area contributed by atoms with Crippen molar-refractivity contribution in [1.82, 2.24) is 14.8 Å². The molecule has 0 unspecified atom stereocenters. The predicted octanol–water partition coefficient (Wildman–Crippen LogP) is 6.59. The average Bonchev–Trinajstić information content (AvgIpc) is 3.18. The number of rotatable bonds is 6. The summed E-state index contributed by atoms with van der Waals surface area (Å²) >= 11 is 13.3. The van der Waals surface area contributed by atoms with Gasteiger partial charge >= 0.3 is 0 Å². The molecule has 0 spiro atoms. The average molecular weight is 483 g/mol. The Bertz CT molecular complexity index is 1250. The SMILES string of the molecule is Cc1ccc(-n2c(SCC(=O)Nc3cc(Cl)cc(Cl)c3)nnc2-c2ccccc2)cc1C. The van der Waals surface area contributed by atoms with Crippen LogP contribution >= 0.6 is 35.0 Å². The van der Waals surface area contributed by atoms with E-state index in [0.29, 0.717) is 20.9 Å². The summed E-state index contributed by atoms with van der Waals surface area (Å²) in [6.45, 7) is 4.15. The van der Waals surface area contributed by atoms with Gasteiger partial charge in [-0.2, -0.15) is 0 Å². The summed E-state index contributed by atoms with van der Waals surface area (Å²) in [6, 6.07) is 21.0. The zero-order valence-electron chi connectivity index (χ0n) is 17.5. The summed E-state index contributed by atoms with van der Waals surface area (Å²) < 4.78 is 1.98. The molecular weight excluding hydrogens is 463 g/mol. The van der Waals surface area contributed by atoms with Crippen molar-refractivity contribution in [2.75, 3.05) is 11.1 Å². The molecule has 1 heterocycles. The monoisotopic (exact) mass is 482 g/mol. The first-order chi connectivity index (χ1) is 15.4. The van der Waals surface area contributed by atoms with Gasteiger partial charge in [0.15, 0.2) is 11.0 Å². The number of halogens is 2. The van der Waals surface area contributed by atoms with Crippen LogP contribution < -0.4 is 5.32 Å². The minimum atomic E-state index is -0.191. The standard InChI is InChI=1S/C24H20Cl2N4OS/c1-15-8-9-21(10-16(15)2)30-23(17-6-4-3-5-7-17)28-29-24(30)32-14-22(31)27-20-12-18(25)11-19(26)13-20/h3-13H,14H2,1-2H3,(H,27,31). The highest BCUT2D eigenvalue weighted by Crippen LogP contribution is 2.29. The first kappa shape index (κ1) is 22.4. The molecule has 5 nitrogen and oxygen atoms in total. The third kappa shape index (κ3) is 5.15. The molecule has 4 rings (SSSR count). The summed E-state index contributed by atoms with van der Waals surface area (Å²) in [5.74, 6) is 0.685. The molecule has 162 valence electrons. The van der Waals surface area contributed by atoms with Gasteiger partial charge in [-0.15, -0.1) is 10.2 Å². The van der Waals surface area contributed by atoms with Gasteiger partial charge in [0, 0.05) is 21.3 Å². The van der Waals surface area contributed by atoms with Crippen LogP contribution in [0.3, 0.4) is 0 Å². The van der Waals surface area contributed by atoms with Crippen LogP contribution in [0.4, 0.5) is 5.69 Å². The van der Waals surface area contributed by atoms with Crippen LogP contribution in [-0.2, 0) is 4.79 Å². The normalized spacial score (nSPS) is 10.9. The number of aryl methyl sites for hydroxylation is 2. The number of amides is 1. The summed E-state index contributed by atoms with van der Waals surface area (Å²) in [5, 5.41) is 13.2. The number of hydrogen-bond donors (Lipinski definition) is 1. The maximum Gasteiger partial charge on any atom is 0.234 e. The Balaban J connectivity index is 1.61. The Morgan fingerprint density at radius 1 is 0.938 bits per heavy atom. The Kier molecular flexibility index (Phi) is 6.84. The number of carbonyl (C=O) groups excluding carboxylic acids is 1. The maximum absolute atomic E-state index is 12.6. The lowest BCUT2D eigenvalue weighted by Gasteiger charge is -2.12. The van der Waals surface area contributed by atoms with Crippen molar-refractivity contribution in [1.29, 1.82) is 0 Å². The molecule has 0 aliphatic heterocycles. The van der Waals surface area contributed by atoms with Gasteiger partial charge in [0.25, 0.3) is 0 Å². The van der Waals surface area contributed by atoms with Crippen LogP contribution in [0.15, 0.2) is 71.9 Å². The number of hydrogen-bond acceptors (Lipinski definition) is 4. The molecular formula is C24H20Cl2N4OS. The van der Waals surface area contributed by atoms with E-state index in [-0.39, 0.29) is 11.7 Å². The second-order valence-corrected chi connectivity index (χ2v) is 9.09. The van der Waals surface area contributed by atoms with Crippen LogP contribution in [0.1, 0.15) is 11.1 Å².